The number of nitrogens with one attached hydrogen (secondary N) is 1. The van der Waals surface area contributed by atoms with Crippen molar-refractivity contribution in [1.82, 2.24) is 29.7 Å². The summed E-state index contributed by atoms with van der Waals surface area (Å²) in [5.41, 5.74) is 5.29. The van der Waals surface area contributed by atoms with Gasteiger partial charge in [-0.2, -0.15) is 5.10 Å². The predicted molar refractivity (Wildman–Crippen MR) is 152 cm³/mol. The molecule has 12 heteroatoms. The second kappa shape index (κ2) is 10.4. The number of nitrogens with zero attached hydrogens (tertiary/aromatic N) is 6. The largest absolute Gasteiger partial charge is 0.477 e. The Labute approximate surface area is 240 Å². The number of carbonyl (C=O) groups is 1. The molecule has 0 bridgehead atoms. The van der Waals surface area contributed by atoms with E-state index in [4.69, 9.17) is 4.74 Å². The van der Waals surface area contributed by atoms with Gasteiger partial charge in [0.25, 0.3) is 11.5 Å². The molecule has 2 aromatic carbocycles. The van der Waals surface area contributed by atoms with E-state index in [0.29, 0.717) is 55.2 Å². The van der Waals surface area contributed by atoms with Crippen LogP contribution in [0.25, 0.3) is 11.1 Å². The number of amides is 1. The highest BCUT2D eigenvalue weighted by atomic mass is 19.1. The van der Waals surface area contributed by atoms with E-state index in [2.05, 4.69) is 15.5 Å². The molecule has 42 heavy (non-hydrogen) atoms. The minimum atomic E-state index is -1.15. The minimum Gasteiger partial charge on any atom is -0.477 e. The van der Waals surface area contributed by atoms with Crippen molar-refractivity contribution in [3.63, 3.8) is 0 Å². The van der Waals surface area contributed by atoms with E-state index in [1.165, 1.54) is 23.0 Å². The van der Waals surface area contributed by atoms with Crippen LogP contribution in [-0.4, -0.2) is 60.5 Å². The number of benzene rings is 2. The Morgan fingerprint density at radius 2 is 1.83 bits per heavy atom. The van der Waals surface area contributed by atoms with Crippen LogP contribution >= 0.6 is 0 Å². The first-order chi connectivity index (χ1) is 20.4. The Bertz CT molecular complexity index is 1690. The highest BCUT2D eigenvalue weighted by Crippen LogP contribution is 2.33. The monoisotopic (exact) mass is 571 g/mol. The van der Waals surface area contributed by atoms with E-state index in [9.17, 15) is 19.1 Å². The van der Waals surface area contributed by atoms with Gasteiger partial charge in [0.1, 0.15) is 12.1 Å². The normalized spacial score (nSPS) is 17.5. The highest BCUT2D eigenvalue weighted by Gasteiger charge is 2.36. The molecule has 0 aliphatic carbocycles. The van der Waals surface area contributed by atoms with Crippen LogP contribution in [0.3, 0.4) is 0 Å². The Morgan fingerprint density at radius 1 is 1.07 bits per heavy atom. The molecule has 3 aliphatic heterocycles. The molecular weight excluding hydrogens is 541 g/mol. The predicted octanol–water partition coefficient (Wildman–Crippen LogP) is 2.85. The number of anilines is 2. The first kappa shape index (κ1) is 26.4. The molecule has 3 aliphatic rings. The van der Waals surface area contributed by atoms with Crippen molar-refractivity contribution in [2.75, 3.05) is 24.7 Å². The highest BCUT2D eigenvalue weighted by molar-refractivity contribution is 5.95. The van der Waals surface area contributed by atoms with Gasteiger partial charge in [0.2, 0.25) is 5.88 Å². The summed E-state index contributed by atoms with van der Waals surface area (Å²) >= 11 is 0. The van der Waals surface area contributed by atoms with E-state index >= 15 is 0 Å². The summed E-state index contributed by atoms with van der Waals surface area (Å²) in [7, 11) is 0. The molecule has 11 nitrogen and oxygen atoms in total. The van der Waals surface area contributed by atoms with Crippen LogP contribution in [0.2, 0.25) is 0 Å². The number of aryl methyl sites for hydroxylation is 1. The lowest BCUT2D eigenvalue weighted by Crippen LogP contribution is -2.49. The van der Waals surface area contributed by atoms with Crippen molar-refractivity contribution < 1.29 is 19.0 Å². The number of hydrazine groups is 1. The number of hydrogen-bond donors (Lipinski definition) is 2. The molecule has 2 N–H and O–H groups in total. The van der Waals surface area contributed by atoms with Crippen molar-refractivity contribution in [2.45, 2.75) is 44.5 Å². The zero-order chi connectivity index (χ0) is 28.8. The van der Waals surface area contributed by atoms with Gasteiger partial charge in [-0.05, 0) is 54.8 Å². The number of fused-ring (bicyclic) bond motifs is 2. The van der Waals surface area contributed by atoms with Crippen LogP contribution in [0.1, 0.15) is 35.2 Å². The fraction of sp³-hybridized carbons (Fsp3) is 0.333. The number of aliphatic hydroxyl groups is 1. The van der Waals surface area contributed by atoms with E-state index in [1.807, 2.05) is 28.9 Å². The summed E-state index contributed by atoms with van der Waals surface area (Å²) in [5.74, 6) is 0.775. The van der Waals surface area contributed by atoms with Gasteiger partial charge in [-0.1, -0.05) is 12.1 Å². The van der Waals surface area contributed by atoms with E-state index in [1.54, 1.807) is 28.2 Å². The SMILES string of the molecule is O=C(c1ccc(-c2cnn3c2OCCC3)cc1)N1CCC(O)(Cn2cnc3c(c2=O)CNN3c2ccc(F)cc2)CC1. The molecule has 1 amide bonds. The van der Waals surface area contributed by atoms with Crippen LogP contribution in [0, 0.1) is 5.82 Å². The molecule has 0 radical (unpaired) electrons. The molecule has 1 saturated heterocycles. The fourth-order valence-electron chi connectivity index (χ4n) is 5.86. The van der Waals surface area contributed by atoms with Gasteiger partial charge in [0.05, 0.1) is 41.8 Å². The first-order valence-electron chi connectivity index (χ1n) is 14.1. The zero-order valence-corrected chi connectivity index (χ0v) is 22.9. The molecule has 0 unspecified atom stereocenters. The van der Waals surface area contributed by atoms with Gasteiger partial charge in [-0.15, -0.1) is 0 Å². The Hall–Kier alpha value is -4.55. The molecule has 4 aromatic rings. The molecule has 2 aromatic heterocycles. The van der Waals surface area contributed by atoms with Crippen molar-refractivity contribution in [2.24, 2.45) is 0 Å². The summed E-state index contributed by atoms with van der Waals surface area (Å²) in [6.45, 7) is 2.59. The fourth-order valence-corrected chi connectivity index (χ4v) is 5.86. The number of aromatic nitrogens is 4. The van der Waals surface area contributed by atoms with Crippen molar-refractivity contribution >= 4 is 17.4 Å². The Morgan fingerprint density at radius 3 is 2.60 bits per heavy atom. The summed E-state index contributed by atoms with van der Waals surface area (Å²) < 4.78 is 22.4. The molecular formula is C30H30FN7O4. The summed E-state index contributed by atoms with van der Waals surface area (Å²) in [6.07, 6.45) is 4.83. The molecule has 0 atom stereocenters. The standard InChI is InChI=1S/C30H30FN7O4/c31-22-6-8-23(9-7-22)38-26-25(17-34-38)28(40)36(19-32-26)18-30(41)10-13-35(14-11-30)27(39)21-4-2-20(3-5-21)24-16-33-37-12-1-15-42-29(24)37/h2-9,16,19,34,41H,1,10-15,17-18H2. The van der Waals surface area contributed by atoms with Gasteiger partial charge >= 0.3 is 0 Å². The summed E-state index contributed by atoms with van der Waals surface area (Å²) in [6, 6.07) is 13.3. The van der Waals surface area contributed by atoms with Gasteiger partial charge in [-0.3, -0.25) is 19.2 Å². The second-order valence-corrected chi connectivity index (χ2v) is 11.0. The Kier molecular flexibility index (Phi) is 6.51. The number of likely N-dealkylation sites (tertiary alicyclic amines) is 1. The molecule has 1 fully saturated rings. The molecule has 216 valence electrons. The van der Waals surface area contributed by atoms with Crippen molar-refractivity contribution in [3.8, 4) is 17.0 Å². The second-order valence-electron chi connectivity index (χ2n) is 11.0. The molecule has 5 heterocycles. The van der Waals surface area contributed by atoms with E-state index in [0.717, 1.165) is 30.0 Å². The van der Waals surface area contributed by atoms with Crippen LogP contribution in [0.5, 0.6) is 5.88 Å². The van der Waals surface area contributed by atoms with Crippen molar-refractivity contribution in [1.29, 1.82) is 0 Å². The number of halogens is 1. The quantitative estimate of drug-likeness (QED) is 0.376. The van der Waals surface area contributed by atoms with Crippen LogP contribution in [-0.2, 0) is 19.6 Å². The van der Waals surface area contributed by atoms with Gasteiger partial charge in [-0.25, -0.2) is 19.5 Å². The molecule has 0 saturated carbocycles. The van der Waals surface area contributed by atoms with Crippen molar-refractivity contribution in [3.05, 3.63) is 88.4 Å². The summed E-state index contributed by atoms with van der Waals surface area (Å²) in [4.78, 5) is 32.7. The lowest BCUT2D eigenvalue weighted by molar-refractivity contribution is -0.0300. The number of rotatable bonds is 5. The van der Waals surface area contributed by atoms with Gasteiger partial charge in [0, 0.05) is 38.2 Å². The molecule has 7 rings (SSSR count). The number of carbonyl (C=O) groups excluding carboxylic acids is 1. The van der Waals surface area contributed by atoms with Crippen LogP contribution < -0.4 is 20.7 Å². The van der Waals surface area contributed by atoms with Gasteiger partial charge in [0.15, 0.2) is 5.82 Å². The van der Waals surface area contributed by atoms with Gasteiger partial charge < -0.3 is 14.7 Å². The average Bonchev–Trinajstić information content (AvgIpc) is 3.64. The lowest BCUT2D eigenvalue weighted by atomic mass is 9.90. The summed E-state index contributed by atoms with van der Waals surface area (Å²) in [5, 5.41) is 17.4. The maximum Gasteiger partial charge on any atom is 0.260 e. The Balaban J connectivity index is 1.00. The third kappa shape index (κ3) is 4.72. The van der Waals surface area contributed by atoms with Crippen LogP contribution in [0.15, 0.2) is 65.8 Å². The third-order valence-electron chi connectivity index (χ3n) is 8.25. The average molecular weight is 572 g/mol. The smallest absolute Gasteiger partial charge is 0.260 e. The third-order valence-corrected chi connectivity index (χ3v) is 8.25. The minimum absolute atomic E-state index is 0.0808. The number of hydrogen-bond acceptors (Lipinski definition) is 8. The number of piperidine rings is 1. The topological polar surface area (TPSA) is 118 Å². The maximum absolute atomic E-state index is 13.3. The number of ether oxygens (including phenoxy) is 1. The first-order valence-corrected chi connectivity index (χ1v) is 14.1. The maximum atomic E-state index is 13.3. The lowest BCUT2D eigenvalue weighted by Gasteiger charge is -2.38. The van der Waals surface area contributed by atoms with Crippen LogP contribution in [0.4, 0.5) is 15.9 Å². The zero-order valence-electron chi connectivity index (χ0n) is 22.9. The van der Waals surface area contributed by atoms with E-state index in [-0.39, 0.29) is 30.4 Å². The van der Waals surface area contributed by atoms with E-state index < -0.39 is 5.60 Å². The molecule has 0 spiro atoms.